The average molecular weight is 424 g/mol. The van der Waals surface area contributed by atoms with Crippen LogP contribution in [-0.4, -0.2) is 43.2 Å². The molecule has 2 aromatic heterocycles. The summed E-state index contributed by atoms with van der Waals surface area (Å²) in [5.74, 6) is 6.80. The summed E-state index contributed by atoms with van der Waals surface area (Å²) in [5.41, 5.74) is 4.88. The molecule has 0 saturated carbocycles. The molecule has 3 aromatic rings. The Morgan fingerprint density at radius 1 is 1.23 bits per heavy atom. The van der Waals surface area contributed by atoms with E-state index in [1.807, 2.05) is 39.1 Å². The van der Waals surface area contributed by atoms with E-state index in [0.29, 0.717) is 11.1 Å². The maximum absolute atomic E-state index is 12.8. The third-order valence-electron chi connectivity index (χ3n) is 5.43. The van der Waals surface area contributed by atoms with Gasteiger partial charge in [0.25, 0.3) is 5.95 Å². The molecule has 0 spiro atoms. The molecule has 4 rings (SSSR count). The molecule has 30 heavy (non-hydrogen) atoms. The smallest absolute Gasteiger partial charge is 0.271 e. The third-order valence-corrected chi connectivity index (χ3v) is 6.39. The van der Waals surface area contributed by atoms with Gasteiger partial charge in [0.2, 0.25) is 5.16 Å². The number of thioether (sulfide) groups is 1. The number of anilines is 1. The third kappa shape index (κ3) is 3.28. The van der Waals surface area contributed by atoms with Gasteiger partial charge >= 0.3 is 0 Å². The van der Waals surface area contributed by atoms with Crippen molar-refractivity contribution in [1.82, 2.24) is 24.7 Å². The van der Waals surface area contributed by atoms with Gasteiger partial charge in [0.15, 0.2) is 5.78 Å². The van der Waals surface area contributed by atoms with Crippen molar-refractivity contribution in [3.63, 3.8) is 0 Å². The number of para-hydroxylation sites is 1. The first-order valence-electron chi connectivity index (χ1n) is 9.65. The number of likely N-dealkylation sites (N-methyl/N-ethyl adjacent to an activating group) is 1. The lowest BCUT2D eigenvalue weighted by atomic mass is 9.83. The molecule has 9 heteroatoms. The number of benzene rings is 1. The van der Waals surface area contributed by atoms with Crippen molar-refractivity contribution in [3.05, 3.63) is 59.1 Å². The number of carbonyl (C=O) groups excluding carboxylic acids is 1. The van der Waals surface area contributed by atoms with Crippen LogP contribution in [0, 0.1) is 13.8 Å². The number of aromatic nitrogens is 5. The van der Waals surface area contributed by atoms with Crippen molar-refractivity contribution < 1.29 is 4.79 Å². The van der Waals surface area contributed by atoms with Gasteiger partial charge in [-0.25, -0.2) is 9.36 Å². The topological polar surface area (TPSA) is 94.9 Å². The van der Waals surface area contributed by atoms with Crippen LogP contribution in [0.3, 0.4) is 0 Å². The number of fused-ring (bicyclic) bond motifs is 1. The lowest BCUT2D eigenvalue weighted by Gasteiger charge is -2.23. The van der Waals surface area contributed by atoms with Gasteiger partial charge in [0, 0.05) is 35.6 Å². The predicted molar refractivity (Wildman–Crippen MR) is 118 cm³/mol. The van der Waals surface area contributed by atoms with Crippen molar-refractivity contribution >= 4 is 23.2 Å². The van der Waals surface area contributed by atoms with Crippen molar-refractivity contribution in [2.24, 2.45) is 0 Å². The van der Waals surface area contributed by atoms with Crippen LogP contribution in [0.1, 0.15) is 30.8 Å². The van der Waals surface area contributed by atoms with E-state index in [2.05, 4.69) is 46.2 Å². The normalized spacial score (nSPS) is 16.3. The zero-order valence-corrected chi connectivity index (χ0v) is 18.6. The standard InChI is InChI=1S/C21H25N7OS/c1-13-10-14(2)28(25-13)19-23-24-20(27(19)22)30-12-15(29)11-18-21(3,4)16-8-6-7-9-17(16)26(18)5/h6-11H,12,22H2,1-5H3/b18-11-. The van der Waals surface area contributed by atoms with E-state index in [0.717, 1.165) is 22.8 Å². The molecule has 0 unspecified atom stereocenters. The van der Waals surface area contributed by atoms with Crippen LogP contribution < -0.4 is 10.7 Å². The molecule has 0 fully saturated rings. The molecule has 1 aliphatic heterocycles. The van der Waals surface area contributed by atoms with Crippen LogP contribution in [0.4, 0.5) is 5.69 Å². The molecule has 0 radical (unpaired) electrons. The first-order valence-corrected chi connectivity index (χ1v) is 10.6. The highest BCUT2D eigenvalue weighted by molar-refractivity contribution is 7.99. The second-order valence-corrected chi connectivity index (χ2v) is 8.92. The number of carbonyl (C=O) groups is 1. The van der Waals surface area contributed by atoms with E-state index in [-0.39, 0.29) is 17.0 Å². The summed E-state index contributed by atoms with van der Waals surface area (Å²) in [6.07, 6.45) is 1.73. The number of allylic oxidation sites excluding steroid dienone is 2. The highest BCUT2D eigenvalue weighted by Gasteiger charge is 2.38. The summed E-state index contributed by atoms with van der Waals surface area (Å²) in [4.78, 5) is 14.9. The minimum absolute atomic E-state index is 0.00149. The molecule has 156 valence electrons. The van der Waals surface area contributed by atoms with Crippen LogP contribution >= 0.6 is 11.8 Å². The summed E-state index contributed by atoms with van der Waals surface area (Å²) in [6, 6.07) is 10.2. The number of hydrogen-bond donors (Lipinski definition) is 1. The Balaban J connectivity index is 1.51. The lowest BCUT2D eigenvalue weighted by Crippen LogP contribution is -2.24. The molecule has 0 amide bonds. The minimum Gasteiger partial charge on any atom is -0.347 e. The summed E-state index contributed by atoms with van der Waals surface area (Å²) in [6.45, 7) is 8.11. The van der Waals surface area contributed by atoms with Gasteiger partial charge in [-0.2, -0.15) is 5.10 Å². The van der Waals surface area contributed by atoms with E-state index < -0.39 is 0 Å². The zero-order chi connectivity index (χ0) is 21.6. The fourth-order valence-corrected chi connectivity index (χ4v) is 4.61. The van der Waals surface area contributed by atoms with E-state index in [1.54, 1.807) is 10.8 Å². The van der Waals surface area contributed by atoms with Gasteiger partial charge in [-0.15, -0.1) is 10.2 Å². The average Bonchev–Trinajstić information content (AvgIpc) is 3.29. The number of nitrogens with two attached hydrogens (primary N) is 1. The molecule has 1 aromatic carbocycles. The lowest BCUT2D eigenvalue weighted by molar-refractivity contribution is -0.112. The van der Waals surface area contributed by atoms with Crippen LogP contribution in [-0.2, 0) is 10.2 Å². The van der Waals surface area contributed by atoms with E-state index in [4.69, 9.17) is 5.84 Å². The number of nitrogens with zero attached hydrogens (tertiary/aromatic N) is 6. The highest BCUT2D eigenvalue weighted by atomic mass is 32.2. The Labute approximate surface area is 179 Å². The van der Waals surface area contributed by atoms with Crippen LogP contribution in [0.5, 0.6) is 0 Å². The number of ketones is 1. The summed E-state index contributed by atoms with van der Waals surface area (Å²) in [5, 5.41) is 13.1. The quantitative estimate of drug-likeness (QED) is 0.383. The van der Waals surface area contributed by atoms with Gasteiger partial charge in [0.1, 0.15) is 0 Å². The Hall–Kier alpha value is -3.07. The van der Waals surface area contributed by atoms with Gasteiger partial charge in [-0.3, -0.25) is 4.79 Å². The number of nitrogen functional groups attached to an aromatic ring is 1. The molecule has 0 aliphatic carbocycles. The van der Waals surface area contributed by atoms with Crippen molar-refractivity contribution in [3.8, 4) is 5.95 Å². The van der Waals surface area contributed by atoms with Gasteiger partial charge in [-0.1, -0.05) is 43.8 Å². The van der Waals surface area contributed by atoms with Crippen molar-refractivity contribution in [2.75, 3.05) is 23.5 Å². The van der Waals surface area contributed by atoms with Crippen LogP contribution in [0.25, 0.3) is 5.95 Å². The van der Waals surface area contributed by atoms with E-state index in [1.165, 1.54) is 22.0 Å². The molecule has 1 aliphatic rings. The molecule has 8 nitrogen and oxygen atoms in total. The van der Waals surface area contributed by atoms with E-state index in [9.17, 15) is 4.79 Å². The second kappa shape index (κ2) is 7.32. The molecule has 3 heterocycles. The fraction of sp³-hybridized carbons (Fsp3) is 0.333. The van der Waals surface area contributed by atoms with Crippen molar-refractivity contribution in [2.45, 2.75) is 38.3 Å². The zero-order valence-electron chi connectivity index (χ0n) is 17.7. The summed E-state index contributed by atoms with van der Waals surface area (Å²) in [7, 11) is 2.00. The number of rotatable bonds is 5. The second-order valence-electron chi connectivity index (χ2n) is 7.98. The largest absolute Gasteiger partial charge is 0.347 e. The number of hydrogen-bond acceptors (Lipinski definition) is 7. The monoisotopic (exact) mass is 423 g/mol. The van der Waals surface area contributed by atoms with Gasteiger partial charge in [-0.05, 0) is 31.5 Å². The Morgan fingerprint density at radius 2 is 1.97 bits per heavy atom. The minimum atomic E-state index is -0.234. The van der Waals surface area contributed by atoms with E-state index >= 15 is 0 Å². The number of aryl methyl sites for hydroxylation is 2. The first kappa shape index (κ1) is 20.2. The maximum atomic E-state index is 12.8. The molecular weight excluding hydrogens is 398 g/mol. The fourth-order valence-electron chi connectivity index (χ4n) is 3.93. The Kier molecular flexibility index (Phi) is 4.93. The Morgan fingerprint density at radius 3 is 2.63 bits per heavy atom. The molecule has 0 bridgehead atoms. The molecular formula is C21H25N7OS. The SMILES string of the molecule is Cc1cc(C)n(-c2nnc(SCC(=O)/C=C3\N(C)c4ccccc4C3(C)C)n2N)n1. The maximum Gasteiger partial charge on any atom is 0.271 e. The van der Waals surface area contributed by atoms with Gasteiger partial charge in [0.05, 0.1) is 11.4 Å². The molecule has 0 atom stereocenters. The first-order chi connectivity index (χ1) is 14.2. The highest BCUT2D eigenvalue weighted by Crippen LogP contribution is 2.46. The predicted octanol–water partition coefficient (Wildman–Crippen LogP) is 2.77. The van der Waals surface area contributed by atoms with Crippen molar-refractivity contribution in [1.29, 1.82) is 0 Å². The van der Waals surface area contributed by atoms with Crippen LogP contribution in [0.2, 0.25) is 0 Å². The van der Waals surface area contributed by atoms with Gasteiger partial charge < -0.3 is 10.7 Å². The summed E-state index contributed by atoms with van der Waals surface area (Å²) >= 11 is 1.26. The molecule has 0 saturated heterocycles. The molecule has 2 N–H and O–H groups in total. The summed E-state index contributed by atoms with van der Waals surface area (Å²) < 4.78 is 3.01. The Bertz CT molecular complexity index is 1160. The van der Waals surface area contributed by atoms with Crippen LogP contribution in [0.15, 0.2) is 47.3 Å².